The predicted molar refractivity (Wildman–Crippen MR) is 149 cm³/mol. The summed E-state index contributed by atoms with van der Waals surface area (Å²) in [6.07, 6.45) is -1.05. The molecule has 0 bridgehead atoms. The maximum atomic E-state index is 12.7. The number of benzene rings is 1. The van der Waals surface area contributed by atoms with Gasteiger partial charge < -0.3 is 41.4 Å². The fourth-order valence-corrected chi connectivity index (χ4v) is 3.99. The third-order valence-electron chi connectivity index (χ3n) is 5.57. The summed E-state index contributed by atoms with van der Waals surface area (Å²) in [5.74, 6) is -5.21. The van der Waals surface area contributed by atoms with E-state index < -0.39 is 80.7 Å². The molecule has 18 heteroatoms. The smallest absolute Gasteiger partial charge is 0.480 e. The molecule has 4 amide bonds. The molecular formula is C25H38N5O12P. The van der Waals surface area contributed by atoms with Gasteiger partial charge in [0.15, 0.2) is 0 Å². The van der Waals surface area contributed by atoms with Crippen LogP contribution in [0.15, 0.2) is 24.3 Å². The van der Waals surface area contributed by atoms with Crippen molar-refractivity contribution in [1.29, 1.82) is 0 Å². The first kappa shape index (κ1) is 37.0. The van der Waals surface area contributed by atoms with Crippen LogP contribution in [0.1, 0.15) is 39.7 Å². The number of carbonyl (C=O) groups excluding carboxylic acids is 5. The highest BCUT2D eigenvalue weighted by Crippen LogP contribution is 2.37. The first-order valence-electron chi connectivity index (χ1n) is 13.0. The zero-order chi connectivity index (χ0) is 32.9. The molecule has 1 aromatic carbocycles. The summed E-state index contributed by atoms with van der Waals surface area (Å²) >= 11 is 0. The van der Waals surface area contributed by atoms with Crippen LogP contribution in [0.4, 0.5) is 0 Å². The molecule has 1 rings (SSSR count). The lowest BCUT2D eigenvalue weighted by atomic mass is 10.0. The van der Waals surface area contributed by atoms with E-state index in [1.54, 1.807) is 13.8 Å². The van der Waals surface area contributed by atoms with E-state index in [-0.39, 0.29) is 24.5 Å². The number of phosphoric ester groups is 1. The number of hydrogen-bond acceptors (Lipinski definition) is 10. The highest BCUT2D eigenvalue weighted by atomic mass is 31.2. The first-order valence-corrected chi connectivity index (χ1v) is 14.5. The fourth-order valence-electron chi connectivity index (χ4n) is 3.59. The number of nitrogens with two attached hydrogens (primary N) is 1. The Balaban J connectivity index is 2.73. The van der Waals surface area contributed by atoms with Gasteiger partial charge in [-0.3, -0.25) is 38.6 Å². The molecule has 0 heterocycles. The van der Waals surface area contributed by atoms with E-state index in [0.717, 1.165) is 0 Å². The van der Waals surface area contributed by atoms with Crippen molar-refractivity contribution in [3.05, 3.63) is 29.8 Å². The standard InChI is InChI=1S/C25H38N5O12P/c1-13(2)9-18(23(35)27-11-20(32)33)30-25(37)22(26)14(3)41-21(34)12-28-24(36)19(29-15(4)31)10-16-5-7-17(8-6-16)42-43(38,39)40/h5-8,13-14,18-19,22H,9-12,26H2,1-4H3,(H,27,35)(H,28,36)(H,29,31)(H,30,37)(H,32,33)(H2,38,39,40)/t14-,18+,19+,22+/m1/s1. The van der Waals surface area contributed by atoms with Crippen molar-refractivity contribution in [3.8, 4) is 5.75 Å². The molecule has 0 fully saturated rings. The van der Waals surface area contributed by atoms with Gasteiger partial charge in [-0.15, -0.1) is 0 Å². The molecule has 4 atom stereocenters. The summed E-state index contributed by atoms with van der Waals surface area (Å²) in [6, 6.07) is 1.76. The quantitative estimate of drug-likeness (QED) is 0.0705. The minimum absolute atomic E-state index is 0.0431. The third-order valence-corrected chi connectivity index (χ3v) is 6.02. The Morgan fingerprint density at radius 2 is 1.44 bits per heavy atom. The van der Waals surface area contributed by atoms with E-state index in [0.29, 0.717) is 5.56 Å². The maximum Gasteiger partial charge on any atom is 0.524 e. The Morgan fingerprint density at radius 1 is 0.884 bits per heavy atom. The maximum absolute atomic E-state index is 12.7. The van der Waals surface area contributed by atoms with E-state index in [9.17, 15) is 33.3 Å². The van der Waals surface area contributed by atoms with Crippen LogP contribution in [0.5, 0.6) is 5.75 Å². The third kappa shape index (κ3) is 15.1. The van der Waals surface area contributed by atoms with Gasteiger partial charge in [-0.25, -0.2) is 4.57 Å². The van der Waals surface area contributed by atoms with Crippen molar-refractivity contribution < 1.29 is 57.5 Å². The lowest BCUT2D eigenvalue weighted by Gasteiger charge is -2.24. The van der Waals surface area contributed by atoms with Crippen LogP contribution in [-0.4, -0.2) is 87.8 Å². The Kier molecular flexibility index (Phi) is 14.8. The number of aliphatic carboxylic acids is 1. The summed E-state index contributed by atoms with van der Waals surface area (Å²) in [4.78, 5) is 90.2. The number of ether oxygens (including phenoxy) is 1. The van der Waals surface area contributed by atoms with Gasteiger partial charge in [0.25, 0.3) is 0 Å². The number of carboxylic acid groups (broad SMARTS) is 1. The van der Waals surface area contributed by atoms with E-state index in [4.69, 9.17) is 25.4 Å². The fraction of sp³-hybridized carbons (Fsp3) is 0.520. The van der Waals surface area contributed by atoms with Gasteiger partial charge >= 0.3 is 19.8 Å². The second-order valence-electron chi connectivity index (χ2n) is 9.92. The van der Waals surface area contributed by atoms with E-state index in [1.807, 2.05) is 0 Å². The molecule has 0 radical (unpaired) electrons. The molecule has 0 aliphatic heterocycles. The minimum atomic E-state index is -4.76. The molecule has 0 saturated carbocycles. The van der Waals surface area contributed by atoms with Gasteiger partial charge in [-0.2, -0.15) is 0 Å². The summed E-state index contributed by atoms with van der Waals surface area (Å²) in [6.45, 7) is 4.81. The number of amides is 4. The monoisotopic (exact) mass is 631 g/mol. The molecule has 9 N–H and O–H groups in total. The number of nitrogens with one attached hydrogen (secondary N) is 4. The minimum Gasteiger partial charge on any atom is -0.480 e. The second-order valence-corrected chi connectivity index (χ2v) is 11.1. The Labute approximate surface area is 247 Å². The van der Waals surface area contributed by atoms with Gasteiger partial charge in [0, 0.05) is 13.3 Å². The molecule has 43 heavy (non-hydrogen) atoms. The molecule has 0 saturated heterocycles. The average molecular weight is 632 g/mol. The molecule has 0 unspecified atom stereocenters. The van der Waals surface area contributed by atoms with Crippen LogP contribution < -0.4 is 31.5 Å². The van der Waals surface area contributed by atoms with Gasteiger partial charge in [0.05, 0.1) is 0 Å². The Bertz CT molecular complexity index is 1200. The largest absolute Gasteiger partial charge is 0.524 e. The molecule has 0 aromatic heterocycles. The first-order chi connectivity index (χ1) is 19.9. The SMILES string of the molecule is CC(=O)N[C@@H](Cc1ccc(OP(=O)(O)O)cc1)C(=O)NCC(=O)O[C@H](C)[C@H](N)C(=O)N[C@@H](CC(C)C)C(=O)NCC(=O)O. The zero-order valence-corrected chi connectivity index (χ0v) is 25.0. The predicted octanol–water partition coefficient (Wildman–Crippen LogP) is -1.69. The number of esters is 1. The number of carbonyl (C=O) groups is 6. The van der Waals surface area contributed by atoms with Gasteiger partial charge in [0.1, 0.15) is 43.1 Å². The zero-order valence-electron chi connectivity index (χ0n) is 24.1. The van der Waals surface area contributed by atoms with Crippen LogP contribution in [0, 0.1) is 5.92 Å². The molecule has 1 aromatic rings. The molecule has 0 spiro atoms. The highest BCUT2D eigenvalue weighted by Gasteiger charge is 2.30. The molecule has 0 aliphatic carbocycles. The van der Waals surface area contributed by atoms with Gasteiger partial charge in [-0.05, 0) is 37.0 Å². The van der Waals surface area contributed by atoms with Crippen LogP contribution in [0.3, 0.4) is 0 Å². The van der Waals surface area contributed by atoms with Crippen LogP contribution in [0.25, 0.3) is 0 Å². The van der Waals surface area contributed by atoms with E-state index in [2.05, 4.69) is 25.8 Å². The van der Waals surface area contributed by atoms with Crippen LogP contribution >= 0.6 is 7.82 Å². The number of hydrogen-bond donors (Lipinski definition) is 8. The van der Waals surface area contributed by atoms with Gasteiger partial charge in [0.2, 0.25) is 23.6 Å². The lowest BCUT2D eigenvalue weighted by molar-refractivity contribution is -0.150. The normalized spacial score (nSPS) is 14.0. The average Bonchev–Trinajstić information content (AvgIpc) is 2.88. The van der Waals surface area contributed by atoms with E-state index in [1.165, 1.54) is 38.1 Å². The molecule has 240 valence electrons. The van der Waals surface area contributed by atoms with Gasteiger partial charge in [-0.1, -0.05) is 26.0 Å². The summed E-state index contributed by atoms with van der Waals surface area (Å²) in [7, 11) is -4.76. The molecule has 17 nitrogen and oxygen atoms in total. The lowest BCUT2D eigenvalue weighted by Crippen LogP contribution is -2.56. The van der Waals surface area contributed by atoms with Crippen molar-refractivity contribution in [2.45, 2.75) is 64.8 Å². The van der Waals surface area contributed by atoms with Crippen molar-refractivity contribution in [1.82, 2.24) is 21.3 Å². The second kappa shape index (κ2) is 17.2. The number of carboxylic acids is 1. The number of phosphoric acid groups is 1. The highest BCUT2D eigenvalue weighted by molar-refractivity contribution is 7.46. The summed E-state index contributed by atoms with van der Waals surface area (Å²) in [5, 5.41) is 18.1. The van der Waals surface area contributed by atoms with Crippen molar-refractivity contribution >= 4 is 43.4 Å². The molecule has 0 aliphatic rings. The van der Waals surface area contributed by atoms with E-state index >= 15 is 0 Å². The van der Waals surface area contributed by atoms with Crippen molar-refractivity contribution in [2.75, 3.05) is 13.1 Å². The topological polar surface area (TPSA) is 273 Å². The van der Waals surface area contributed by atoms with Crippen molar-refractivity contribution in [2.24, 2.45) is 11.7 Å². The molecular weight excluding hydrogens is 593 g/mol. The Hall–Kier alpha value is -4.05. The summed E-state index contributed by atoms with van der Waals surface area (Å²) < 4.78 is 20.6. The van der Waals surface area contributed by atoms with Crippen LogP contribution in [0.2, 0.25) is 0 Å². The van der Waals surface area contributed by atoms with Crippen LogP contribution in [-0.2, 0) is 44.5 Å². The Morgan fingerprint density at radius 3 is 1.95 bits per heavy atom. The number of rotatable bonds is 17. The summed E-state index contributed by atoms with van der Waals surface area (Å²) in [5.41, 5.74) is 6.39. The van der Waals surface area contributed by atoms with Crippen molar-refractivity contribution in [3.63, 3.8) is 0 Å².